The van der Waals surface area contributed by atoms with Gasteiger partial charge in [0.15, 0.2) is 5.96 Å². The minimum absolute atomic E-state index is 0. The first-order valence-corrected chi connectivity index (χ1v) is 8.32. The minimum Gasteiger partial charge on any atom is -0.496 e. The van der Waals surface area contributed by atoms with E-state index in [1.165, 1.54) is 0 Å². The first kappa shape index (κ1) is 22.3. The Hall–Kier alpha value is -1.74. The number of ether oxygens (including phenoxy) is 2. The van der Waals surface area contributed by atoms with Crippen molar-refractivity contribution in [2.75, 3.05) is 27.3 Å². The Bertz CT molecular complexity index is 711. The monoisotopic (exact) mass is 490 g/mol. The maximum atomic E-state index is 5.79. The van der Waals surface area contributed by atoms with Gasteiger partial charge in [-0.05, 0) is 24.6 Å². The van der Waals surface area contributed by atoms with Crippen LogP contribution in [0.2, 0.25) is 5.02 Å². The van der Waals surface area contributed by atoms with E-state index in [1.54, 1.807) is 32.5 Å². The summed E-state index contributed by atoms with van der Waals surface area (Å²) in [4.78, 5) is 8.27. The molecule has 0 saturated carbocycles. The van der Waals surface area contributed by atoms with Crippen LogP contribution >= 0.6 is 35.6 Å². The Balaban J connectivity index is 0.00000338. The number of guanidine groups is 1. The third kappa shape index (κ3) is 7.25. The number of aliphatic imine (C=N–C) groups is 1. The Labute approximate surface area is 176 Å². The molecule has 0 atom stereocenters. The van der Waals surface area contributed by atoms with Gasteiger partial charge in [-0.25, -0.2) is 4.98 Å². The Kier molecular flexibility index (Phi) is 10.1. The highest BCUT2D eigenvalue weighted by atomic mass is 127. The quantitative estimate of drug-likeness (QED) is 0.269. The number of nitrogens with one attached hydrogen (secondary N) is 2. The maximum absolute atomic E-state index is 5.79. The molecule has 0 saturated heterocycles. The fraction of sp³-hybridized carbons (Fsp3) is 0.333. The number of aryl methyl sites for hydroxylation is 1. The number of benzene rings is 1. The summed E-state index contributed by atoms with van der Waals surface area (Å²) in [6, 6.07) is 9.60. The fourth-order valence-electron chi connectivity index (χ4n) is 2.17. The highest BCUT2D eigenvalue weighted by molar-refractivity contribution is 14.0. The van der Waals surface area contributed by atoms with Gasteiger partial charge in [-0.3, -0.25) is 4.99 Å². The fourth-order valence-corrected chi connectivity index (χ4v) is 2.28. The van der Waals surface area contributed by atoms with Crippen LogP contribution in [0, 0.1) is 6.92 Å². The summed E-state index contributed by atoms with van der Waals surface area (Å²) in [5.74, 6) is 2.09. The zero-order valence-electron chi connectivity index (χ0n) is 15.1. The van der Waals surface area contributed by atoms with Crippen molar-refractivity contribution in [3.8, 4) is 11.6 Å². The molecule has 142 valence electrons. The van der Waals surface area contributed by atoms with E-state index in [0.717, 1.165) is 16.9 Å². The van der Waals surface area contributed by atoms with Crippen LogP contribution in [0.3, 0.4) is 0 Å². The maximum Gasteiger partial charge on any atom is 0.213 e. The van der Waals surface area contributed by atoms with Crippen LogP contribution in [0.5, 0.6) is 11.6 Å². The molecule has 0 amide bonds. The highest BCUT2D eigenvalue weighted by Gasteiger charge is 2.05. The average Bonchev–Trinajstić information content (AvgIpc) is 2.63. The third-order valence-electron chi connectivity index (χ3n) is 3.46. The smallest absolute Gasteiger partial charge is 0.213 e. The second-order valence-electron chi connectivity index (χ2n) is 5.33. The number of pyridine rings is 1. The zero-order chi connectivity index (χ0) is 18.1. The van der Waals surface area contributed by atoms with E-state index in [4.69, 9.17) is 21.1 Å². The normalized spacial score (nSPS) is 10.7. The Morgan fingerprint density at radius 2 is 2.04 bits per heavy atom. The summed E-state index contributed by atoms with van der Waals surface area (Å²) in [5.41, 5.74) is 2.23. The molecule has 8 heteroatoms. The van der Waals surface area contributed by atoms with Crippen molar-refractivity contribution >= 4 is 41.5 Å². The summed E-state index contributed by atoms with van der Waals surface area (Å²) in [7, 11) is 3.40. The molecule has 0 bridgehead atoms. The van der Waals surface area contributed by atoms with Crippen molar-refractivity contribution in [1.82, 2.24) is 15.6 Å². The molecule has 2 aromatic rings. The van der Waals surface area contributed by atoms with Gasteiger partial charge in [0.05, 0.1) is 18.7 Å². The van der Waals surface area contributed by atoms with Gasteiger partial charge >= 0.3 is 0 Å². The molecule has 2 N–H and O–H groups in total. The summed E-state index contributed by atoms with van der Waals surface area (Å²) >= 11 is 5.79. The van der Waals surface area contributed by atoms with Crippen molar-refractivity contribution in [1.29, 1.82) is 0 Å². The van der Waals surface area contributed by atoms with Gasteiger partial charge in [0.25, 0.3) is 0 Å². The predicted octanol–water partition coefficient (Wildman–Crippen LogP) is 3.41. The van der Waals surface area contributed by atoms with E-state index in [1.807, 2.05) is 19.1 Å². The van der Waals surface area contributed by atoms with Gasteiger partial charge in [-0.1, -0.05) is 23.7 Å². The van der Waals surface area contributed by atoms with E-state index >= 15 is 0 Å². The molecule has 0 fully saturated rings. The van der Waals surface area contributed by atoms with Crippen molar-refractivity contribution in [2.45, 2.75) is 13.5 Å². The third-order valence-corrected chi connectivity index (χ3v) is 3.68. The van der Waals surface area contributed by atoms with Crippen LogP contribution in [0.25, 0.3) is 0 Å². The van der Waals surface area contributed by atoms with Crippen LogP contribution < -0.4 is 20.1 Å². The van der Waals surface area contributed by atoms with Gasteiger partial charge in [0, 0.05) is 31.4 Å². The molecule has 1 heterocycles. The summed E-state index contributed by atoms with van der Waals surface area (Å²) in [6.45, 7) is 3.71. The number of halogens is 2. The van der Waals surface area contributed by atoms with Gasteiger partial charge in [0.2, 0.25) is 5.88 Å². The number of nitrogens with zero attached hydrogens (tertiary/aromatic N) is 2. The molecule has 0 unspecified atom stereocenters. The Morgan fingerprint density at radius 1 is 1.23 bits per heavy atom. The van der Waals surface area contributed by atoms with E-state index in [-0.39, 0.29) is 24.0 Å². The molecular weight excluding hydrogens is 467 g/mol. The zero-order valence-corrected chi connectivity index (χ0v) is 18.2. The van der Waals surface area contributed by atoms with Gasteiger partial charge in [-0.15, -0.1) is 24.0 Å². The predicted molar refractivity (Wildman–Crippen MR) is 116 cm³/mol. The Morgan fingerprint density at radius 3 is 2.69 bits per heavy atom. The first-order chi connectivity index (χ1) is 12.1. The molecule has 6 nitrogen and oxygen atoms in total. The summed E-state index contributed by atoms with van der Waals surface area (Å²) in [6.07, 6.45) is 1.56. The molecule has 0 aliphatic heterocycles. The lowest BCUT2D eigenvalue weighted by atomic mass is 10.1. The number of rotatable bonds is 7. The SMILES string of the molecule is CN=C(NCCOc1ccc(Cl)cn1)NCc1ccc(C)cc1OC.I. The van der Waals surface area contributed by atoms with E-state index in [0.29, 0.717) is 36.6 Å². The largest absolute Gasteiger partial charge is 0.496 e. The lowest BCUT2D eigenvalue weighted by Gasteiger charge is -2.14. The number of aromatic nitrogens is 1. The summed E-state index contributed by atoms with van der Waals surface area (Å²) < 4.78 is 10.9. The molecule has 26 heavy (non-hydrogen) atoms. The van der Waals surface area contributed by atoms with Gasteiger partial charge in [-0.2, -0.15) is 0 Å². The molecule has 1 aromatic heterocycles. The van der Waals surface area contributed by atoms with Crippen LogP contribution in [0.4, 0.5) is 0 Å². The summed E-state index contributed by atoms with van der Waals surface area (Å²) in [5, 5.41) is 7.03. The van der Waals surface area contributed by atoms with Crippen molar-refractivity contribution in [2.24, 2.45) is 4.99 Å². The molecule has 0 aliphatic carbocycles. The number of hydrogen-bond donors (Lipinski definition) is 2. The molecule has 0 spiro atoms. The van der Waals surface area contributed by atoms with Crippen LogP contribution in [-0.4, -0.2) is 38.3 Å². The number of hydrogen-bond acceptors (Lipinski definition) is 4. The number of methoxy groups -OCH3 is 1. The van der Waals surface area contributed by atoms with Gasteiger partial charge in [0.1, 0.15) is 12.4 Å². The van der Waals surface area contributed by atoms with E-state index in [2.05, 4.69) is 26.7 Å². The van der Waals surface area contributed by atoms with Crippen LogP contribution in [0.15, 0.2) is 41.5 Å². The molecule has 0 aliphatic rings. The highest BCUT2D eigenvalue weighted by Crippen LogP contribution is 2.19. The molecule has 1 aromatic carbocycles. The lowest BCUT2D eigenvalue weighted by molar-refractivity contribution is 0.309. The second kappa shape index (κ2) is 11.8. The van der Waals surface area contributed by atoms with Crippen LogP contribution in [0.1, 0.15) is 11.1 Å². The lowest BCUT2D eigenvalue weighted by Crippen LogP contribution is -2.39. The molecule has 0 radical (unpaired) electrons. The van der Waals surface area contributed by atoms with Crippen LogP contribution in [-0.2, 0) is 6.54 Å². The molecular formula is C18H24ClIN4O2. The average molecular weight is 491 g/mol. The molecule has 2 rings (SSSR count). The van der Waals surface area contributed by atoms with Gasteiger partial charge < -0.3 is 20.1 Å². The second-order valence-corrected chi connectivity index (χ2v) is 5.77. The van der Waals surface area contributed by atoms with E-state index in [9.17, 15) is 0 Å². The topological polar surface area (TPSA) is 67.8 Å². The van der Waals surface area contributed by atoms with E-state index < -0.39 is 0 Å². The minimum atomic E-state index is 0. The van der Waals surface area contributed by atoms with Crippen molar-refractivity contribution in [3.63, 3.8) is 0 Å². The standard InChI is InChI=1S/C18H23ClN4O2.HI/c1-13-4-5-14(16(10-13)24-3)11-23-18(20-2)21-8-9-25-17-7-6-15(19)12-22-17;/h4-7,10,12H,8-9,11H2,1-3H3,(H2,20,21,23);1H. The first-order valence-electron chi connectivity index (χ1n) is 7.94. The van der Waals surface area contributed by atoms with Crippen molar-refractivity contribution in [3.05, 3.63) is 52.7 Å². The van der Waals surface area contributed by atoms with Crippen molar-refractivity contribution < 1.29 is 9.47 Å².